The van der Waals surface area contributed by atoms with Crippen molar-refractivity contribution in [1.29, 1.82) is 0 Å². The Morgan fingerprint density at radius 1 is 1.44 bits per heavy atom. The summed E-state index contributed by atoms with van der Waals surface area (Å²) in [6.45, 7) is 4.53. The summed E-state index contributed by atoms with van der Waals surface area (Å²) in [5.74, 6) is -0.782. The van der Waals surface area contributed by atoms with Crippen molar-refractivity contribution in [2.45, 2.75) is 32.2 Å². The molecule has 104 valence electrons. The standard InChI is InChI=1S/C12H22N2O4/c1-12(2,8-15)13(3)11(18)14-5-4-9(7-14)6-10(16)17/h9,15H,4-8H2,1-3H3,(H,16,17). The third-order valence-corrected chi connectivity index (χ3v) is 3.60. The number of likely N-dealkylation sites (N-methyl/N-ethyl adjacent to an activating group) is 1. The van der Waals surface area contributed by atoms with Crippen LogP contribution in [0.4, 0.5) is 4.79 Å². The van der Waals surface area contributed by atoms with Gasteiger partial charge in [-0.05, 0) is 26.2 Å². The molecule has 1 saturated heterocycles. The Kier molecular flexibility index (Phi) is 4.56. The lowest BCUT2D eigenvalue weighted by Crippen LogP contribution is -2.52. The van der Waals surface area contributed by atoms with E-state index in [-0.39, 0.29) is 25.0 Å². The van der Waals surface area contributed by atoms with E-state index in [0.29, 0.717) is 13.1 Å². The Hall–Kier alpha value is -1.30. The first-order chi connectivity index (χ1) is 8.27. The van der Waals surface area contributed by atoms with Gasteiger partial charge in [0.15, 0.2) is 0 Å². The summed E-state index contributed by atoms with van der Waals surface area (Å²) in [5, 5.41) is 18.0. The second-order valence-corrected chi connectivity index (χ2v) is 5.51. The van der Waals surface area contributed by atoms with Crippen LogP contribution in [0.3, 0.4) is 0 Å². The van der Waals surface area contributed by atoms with Crippen LogP contribution in [0.1, 0.15) is 26.7 Å². The number of amides is 2. The molecule has 1 heterocycles. The van der Waals surface area contributed by atoms with Gasteiger partial charge in [0.1, 0.15) is 0 Å². The second-order valence-electron chi connectivity index (χ2n) is 5.51. The van der Waals surface area contributed by atoms with E-state index in [0.717, 1.165) is 6.42 Å². The van der Waals surface area contributed by atoms with E-state index in [1.54, 1.807) is 25.8 Å². The average Bonchev–Trinajstić information content (AvgIpc) is 2.74. The van der Waals surface area contributed by atoms with Gasteiger partial charge in [0.05, 0.1) is 12.1 Å². The number of aliphatic carboxylic acids is 1. The van der Waals surface area contributed by atoms with E-state index in [2.05, 4.69) is 0 Å². The number of nitrogens with zero attached hydrogens (tertiary/aromatic N) is 2. The highest BCUT2D eigenvalue weighted by Crippen LogP contribution is 2.22. The van der Waals surface area contributed by atoms with Gasteiger partial charge in [0.25, 0.3) is 0 Å². The Labute approximate surface area is 107 Å². The van der Waals surface area contributed by atoms with E-state index in [4.69, 9.17) is 5.11 Å². The average molecular weight is 258 g/mol. The van der Waals surface area contributed by atoms with Crippen molar-refractivity contribution < 1.29 is 19.8 Å². The minimum absolute atomic E-state index is 0.0390. The van der Waals surface area contributed by atoms with Crippen LogP contribution in [0.5, 0.6) is 0 Å². The monoisotopic (exact) mass is 258 g/mol. The van der Waals surface area contributed by atoms with E-state index in [9.17, 15) is 14.7 Å². The van der Waals surface area contributed by atoms with E-state index >= 15 is 0 Å². The molecule has 0 aromatic heterocycles. The number of carboxylic acid groups (broad SMARTS) is 1. The Balaban J connectivity index is 2.57. The third kappa shape index (κ3) is 3.35. The fourth-order valence-corrected chi connectivity index (χ4v) is 2.00. The molecule has 0 saturated carbocycles. The lowest BCUT2D eigenvalue weighted by atomic mass is 10.1. The number of aliphatic hydroxyl groups is 1. The molecule has 0 aromatic rings. The topological polar surface area (TPSA) is 81.1 Å². The van der Waals surface area contributed by atoms with Crippen LogP contribution < -0.4 is 0 Å². The second kappa shape index (κ2) is 5.56. The van der Waals surface area contributed by atoms with Crippen molar-refractivity contribution in [2.75, 3.05) is 26.7 Å². The molecule has 6 heteroatoms. The number of hydrogen-bond acceptors (Lipinski definition) is 3. The molecule has 1 atom stereocenters. The first-order valence-corrected chi connectivity index (χ1v) is 6.13. The first-order valence-electron chi connectivity index (χ1n) is 6.13. The maximum atomic E-state index is 12.2. The predicted molar refractivity (Wildman–Crippen MR) is 66.3 cm³/mol. The summed E-state index contributed by atoms with van der Waals surface area (Å²) in [4.78, 5) is 26.0. The van der Waals surface area contributed by atoms with Gasteiger partial charge in [0.2, 0.25) is 0 Å². The number of urea groups is 1. The molecule has 1 fully saturated rings. The molecule has 6 nitrogen and oxygen atoms in total. The zero-order valence-electron chi connectivity index (χ0n) is 11.2. The summed E-state index contributed by atoms with van der Waals surface area (Å²) in [7, 11) is 1.66. The third-order valence-electron chi connectivity index (χ3n) is 3.60. The van der Waals surface area contributed by atoms with Gasteiger partial charge in [-0.15, -0.1) is 0 Å². The molecule has 18 heavy (non-hydrogen) atoms. The van der Waals surface area contributed by atoms with Crippen molar-refractivity contribution >= 4 is 12.0 Å². The van der Waals surface area contributed by atoms with Crippen LogP contribution in [0.2, 0.25) is 0 Å². The smallest absolute Gasteiger partial charge is 0.320 e. The van der Waals surface area contributed by atoms with Gasteiger partial charge in [0, 0.05) is 26.6 Å². The van der Waals surface area contributed by atoms with Crippen LogP contribution in [0.25, 0.3) is 0 Å². The molecule has 0 bridgehead atoms. The molecule has 2 amide bonds. The molecular weight excluding hydrogens is 236 g/mol. The highest BCUT2D eigenvalue weighted by molar-refractivity contribution is 5.75. The first kappa shape index (κ1) is 14.8. The number of carboxylic acids is 1. The van der Waals surface area contributed by atoms with Crippen LogP contribution in [-0.2, 0) is 4.79 Å². The predicted octanol–water partition coefficient (Wildman–Crippen LogP) is 0.606. The molecular formula is C12H22N2O4. The molecule has 0 spiro atoms. The SMILES string of the molecule is CN(C(=O)N1CCC(CC(=O)O)C1)C(C)(C)CO. The summed E-state index contributed by atoms with van der Waals surface area (Å²) in [6, 6.07) is -0.151. The van der Waals surface area contributed by atoms with Crippen LogP contribution in [0, 0.1) is 5.92 Å². The highest BCUT2D eigenvalue weighted by Gasteiger charge is 2.34. The van der Waals surface area contributed by atoms with Gasteiger partial charge in [-0.25, -0.2) is 4.79 Å². The Bertz CT molecular complexity index is 330. The molecule has 1 unspecified atom stereocenters. The Morgan fingerprint density at radius 3 is 2.56 bits per heavy atom. The van der Waals surface area contributed by atoms with Gasteiger partial charge in [-0.3, -0.25) is 4.79 Å². The molecule has 2 N–H and O–H groups in total. The molecule has 0 radical (unpaired) electrons. The minimum atomic E-state index is -0.821. The van der Waals surface area contributed by atoms with E-state index < -0.39 is 11.5 Å². The van der Waals surface area contributed by atoms with Crippen molar-refractivity contribution in [2.24, 2.45) is 5.92 Å². The maximum Gasteiger partial charge on any atom is 0.320 e. The molecule has 1 aliphatic heterocycles. The van der Waals surface area contributed by atoms with E-state index in [1.165, 1.54) is 4.90 Å². The summed E-state index contributed by atoms with van der Waals surface area (Å²) >= 11 is 0. The van der Waals surface area contributed by atoms with Gasteiger partial charge in [-0.2, -0.15) is 0 Å². The quantitative estimate of drug-likeness (QED) is 0.774. The van der Waals surface area contributed by atoms with Crippen molar-refractivity contribution in [3.8, 4) is 0 Å². The number of hydrogen-bond donors (Lipinski definition) is 2. The molecule has 1 rings (SSSR count). The van der Waals surface area contributed by atoms with Crippen molar-refractivity contribution in [3.63, 3.8) is 0 Å². The number of aliphatic hydroxyl groups excluding tert-OH is 1. The maximum absolute atomic E-state index is 12.2. The fourth-order valence-electron chi connectivity index (χ4n) is 2.00. The highest BCUT2D eigenvalue weighted by atomic mass is 16.4. The van der Waals surface area contributed by atoms with Crippen LogP contribution >= 0.6 is 0 Å². The van der Waals surface area contributed by atoms with Crippen molar-refractivity contribution in [1.82, 2.24) is 9.80 Å². The van der Waals surface area contributed by atoms with Gasteiger partial charge in [-0.1, -0.05) is 0 Å². The fraction of sp³-hybridized carbons (Fsp3) is 0.833. The largest absolute Gasteiger partial charge is 0.481 e. The van der Waals surface area contributed by atoms with Gasteiger partial charge >= 0.3 is 12.0 Å². The minimum Gasteiger partial charge on any atom is -0.481 e. The lowest BCUT2D eigenvalue weighted by molar-refractivity contribution is -0.138. The van der Waals surface area contributed by atoms with Crippen LogP contribution in [0.15, 0.2) is 0 Å². The zero-order chi connectivity index (χ0) is 13.9. The Morgan fingerprint density at radius 2 is 2.06 bits per heavy atom. The van der Waals surface area contributed by atoms with E-state index in [1.807, 2.05) is 0 Å². The number of likely N-dealkylation sites (tertiary alicyclic amines) is 1. The summed E-state index contributed by atoms with van der Waals surface area (Å²) in [5.41, 5.74) is -0.609. The van der Waals surface area contributed by atoms with Crippen LogP contribution in [-0.4, -0.2) is 64.3 Å². The number of carbonyl (C=O) groups excluding carboxylic acids is 1. The normalized spacial score (nSPS) is 20.0. The summed E-state index contributed by atoms with van der Waals surface area (Å²) in [6.07, 6.45) is 0.836. The lowest BCUT2D eigenvalue weighted by Gasteiger charge is -2.36. The zero-order valence-corrected chi connectivity index (χ0v) is 11.2. The van der Waals surface area contributed by atoms with Crippen molar-refractivity contribution in [3.05, 3.63) is 0 Å². The number of rotatable bonds is 4. The molecule has 0 aliphatic carbocycles. The van der Waals surface area contributed by atoms with Gasteiger partial charge < -0.3 is 20.0 Å². The molecule has 1 aliphatic rings. The summed E-state index contributed by atoms with van der Waals surface area (Å²) < 4.78 is 0. The molecule has 0 aromatic carbocycles. The number of carbonyl (C=O) groups is 2.